The zero-order valence-corrected chi connectivity index (χ0v) is 15.3. The second-order valence-corrected chi connectivity index (χ2v) is 5.44. The number of amides is 1. The van der Waals surface area contributed by atoms with Gasteiger partial charge in [-0.1, -0.05) is 0 Å². The number of carbonyl (C=O) groups excluding carboxylic acids is 2. The Morgan fingerprint density at radius 3 is 1.96 bits per heavy atom. The number of hydrogen-bond donors (Lipinski definition) is 4. The van der Waals surface area contributed by atoms with E-state index in [1.165, 1.54) is 19.5 Å². The number of carbonyl (C=O) groups is 2. The molecule has 128 valence electrons. The number of hydrazine groups is 1. The van der Waals surface area contributed by atoms with Crippen LogP contribution in [0.25, 0.3) is 0 Å². The van der Waals surface area contributed by atoms with Crippen molar-refractivity contribution in [3.05, 3.63) is 33.0 Å². The highest BCUT2D eigenvalue weighted by Gasteiger charge is 2.13. The third kappa shape index (κ3) is 5.36. The quantitative estimate of drug-likeness (QED) is 0.205. The first kappa shape index (κ1) is 19.7. The maximum atomic E-state index is 11.0. The van der Waals surface area contributed by atoms with Crippen molar-refractivity contribution in [2.24, 2.45) is 5.84 Å². The molecule has 1 amide bonds. The summed E-state index contributed by atoms with van der Waals surface area (Å²) in [5, 5.41) is 0. The number of methoxy groups -OCH3 is 1. The molecule has 0 unspecified atom stereocenters. The molecule has 0 aliphatic carbocycles. The molecule has 0 bridgehead atoms. The number of rotatable bonds is 2. The molecule has 0 fully saturated rings. The summed E-state index contributed by atoms with van der Waals surface area (Å²) in [4.78, 5) is 36.9. The Hall–Kier alpha value is -2.38. The number of aromatic nitrogens is 4. The van der Waals surface area contributed by atoms with Gasteiger partial charge in [0.1, 0.15) is 9.21 Å². The number of esters is 1. The number of hydrogen-bond acceptors (Lipinski definition) is 10. The number of halogens is 2. The predicted octanol–water partition coefficient (Wildman–Crippen LogP) is 0.0327. The van der Waals surface area contributed by atoms with Gasteiger partial charge >= 0.3 is 5.97 Å². The first-order valence-corrected chi connectivity index (χ1v) is 7.54. The van der Waals surface area contributed by atoms with Crippen LogP contribution in [0, 0.1) is 0 Å². The second-order valence-electron chi connectivity index (χ2n) is 3.82. The van der Waals surface area contributed by atoms with Crippen LogP contribution in [0.3, 0.4) is 0 Å². The largest absolute Gasteiger partial charge is 0.464 e. The Bertz CT molecular complexity index is 695. The number of nitrogens with one attached hydrogen (secondary N) is 1. The molecule has 7 N–H and O–H groups in total. The van der Waals surface area contributed by atoms with Crippen LogP contribution in [0.4, 0.5) is 11.6 Å². The monoisotopic (exact) mass is 462 g/mol. The van der Waals surface area contributed by atoms with Crippen molar-refractivity contribution < 1.29 is 14.3 Å². The van der Waals surface area contributed by atoms with Gasteiger partial charge in [0.25, 0.3) is 5.91 Å². The maximum absolute atomic E-state index is 11.0. The standard InChI is InChI=1S/C6H6BrN3O2.C5H6BrN5O/c1-12-6(11)4-5(8)9-2-3(7)10-4;6-2-1-9-4(7)3(10-2)5(12)11-8/h2H,1H3,(H2,8,9);1H,8H2,(H2,7,9)(H,11,12). The molecule has 24 heavy (non-hydrogen) atoms. The van der Waals surface area contributed by atoms with E-state index in [0.29, 0.717) is 9.21 Å². The molecule has 0 aromatic carbocycles. The molecule has 0 saturated heterocycles. The van der Waals surface area contributed by atoms with Crippen LogP contribution in [-0.2, 0) is 4.74 Å². The zero-order chi connectivity index (χ0) is 18.3. The van der Waals surface area contributed by atoms with Crippen LogP contribution in [0.15, 0.2) is 21.6 Å². The molecule has 0 aliphatic rings. The van der Waals surface area contributed by atoms with Crippen LogP contribution in [0.5, 0.6) is 0 Å². The number of ether oxygens (including phenoxy) is 1. The summed E-state index contributed by atoms with van der Waals surface area (Å²) in [6.45, 7) is 0. The van der Waals surface area contributed by atoms with Crippen molar-refractivity contribution in [1.82, 2.24) is 25.4 Å². The third-order valence-corrected chi connectivity index (χ3v) is 3.03. The summed E-state index contributed by atoms with van der Waals surface area (Å²) in [6.07, 6.45) is 2.80. The van der Waals surface area contributed by atoms with Crippen molar-refractivity contribution in [3.63, 3.8) is 0 Å². The van der Waals surface area contributed by atoms with E-state index < -0.39 is 11.9 Å². The number of anilines is 2. The molecule has 2 aromatic heterocycles. The van der Waals surface area contributed by atoms with Gasteiger partial charge in [0, 0.05) is 0 Å². The van der Waals surface area contributed by atoms with Crippen LogP contribution in [-0.4, -0.2) is 38.9 Å². The van der Waals surface area contributed by atoms with Crippen LogP contribution in [0.2, 0.25) is 0 Å². The SMILES string of the molecule is COC(=O)c1nc(Br)cnc1N.NNC(=O)c1nc(Br)cnc1N. The highest BCUT2D eigenvalue weighted by molar-refractivity contribution is 9.10. The predicted molar refractivity (Wildman–Crippen MR) is 91.3 cm³/mol. The van der Waals surface area contributed by atoms with Gasteiger partial charge in [-0.25, -0.2) is 30.6 Å². The van der Waals surface area contributed by atoms with Crippen molar-refractivity contribution in [2.75, 3.05) is 18.6 Å². The van der Waals surface area contributed by atoms with Gasteiger partial charge < -0.3 is 16.2 Å². The maximum Gasteiger partial charge on any atom is 0.360 e. The molecule has 0 atom stereocenters. The average molecular weight is 464 g/mol. The normalized spacial score (nSPS) is 9.50. The Morgan fingerprint density at radius 2 is 1.50 bits per heavy atom. The van der Waals surface area contributed by atoms with E-state index >= 15 is 0 Å². The summed E-state index contributed by atoms with van der Waals surface area (Å²) in [5.41, 5.74) is 12.7. The Labute approximate surface area is 152 Å². The second kappa shape index (κ2) is 9.05. The minimum Gasteiger partial charge on any atom is -0.464 e. The molecular weight excluding hydrogens is 452 g/mol. The Balaban J connectivity index is 0.000000240. The highest BCUT2D eigenvalue weighted by Crippen LogP contribution is 2.11. The molecule has 0 radical (unpaired) electrons. The summed E-state index contributed by atoms with van der Waals surface area (Å²) in [6, 6.07) is 0. The smallest absolute Gasteiger partial charge is 0.360 e. The summed E-state index contributed by atoms with van der Waals surface area (Å²) in [7, 11) is 1.25. The third-order valence-electron chi connectivity index (χ3n) is 2.27. The topological polar surface area (TPSA) is 185 Å². The molecule has 2 heterocycles. The van der Waals surface area contributed by atoms with E-state index in [1.807, 2.05) is 5.43 Å². The molecular formula is C11H12Br2N8O3. The minimum atomic E-state index is -0.596. The Kier molecular flexibility index (Phi) is 7.41. The van der Waals surface area contributed by atoms with Crippen LogP contribution < -0.4 is 22.7 Å². The lowest BCUT2D eigenvalue weighted by molar-refractivity contribution is 0.0594. The van der Waals surface area contributed by atoms with Gasteiger partial charge in [-0.3, -0.25) is 10.2 Å². The van der Waals surface area contributed by atoms with Crippen molar-refractivity contribution in [3.8, 4) is 0 Å². The van der Waals surface area contributed by atoms with Gasteiger partial charge in [0.2, 0.25) is 0 Å². The van der Waals surface area contributed by atoms with Gasteiger partial charge in [-0.2, -0.15) is 0 Å². The van der Waals surface area contributed by atoms with Crippen molar-refractivity contribution in [1.29, 1.82) is 0 Å². The lowest BCUT2D eigenvalue weighted by Crippen LogP contribution is -2.31. The number of nitrogens with two attached hydrogens (primary N) is 3. The fourth-order valence-electron chi connectivity index (χ4n) is 1.24. The first-order valence-electron chi connectivity index (χ1n) is 5.95. The minimum absolute atomic E-state index is 0.00637. The highest BCUT2D eigenvalue weighted by atomic mass is 79.9. The van der Waals surface area contributed by atoms with Crippen molar-refractivity contribution >= 4 is 55.4 Å². The van der Waals surface area contributed by atoms with E-state index in [9.17, 15) is 9.59 Å². The molecule has 11 nitrogen and oxygen atoms in total. The molecule has 2 rings (SSSR count). The van der Waals surface area contributed by atoms with E-state index in [4.69, 9.17) is 17.3 Å². The molecule has 0 saturated carbocycles. The summed E-state index contributed by atoms with van der Waals surface area (Å²) < 4.78 is 5.30. The molecule has 13 heteroatoms. The van der Waals surface area contributed by atoms with E-state index in [2.05, 4.69) is 56.5 Å². The number of nitrogen functional groups attached to an aromatic ring is 3. The number of nitrogens with zero attached hydrogens (tertiary/aromatic N) is 4. The van der Waals surface area contributed by atoms with Gasteiger partial charge in [-0.15, -0.1) is 0 Å². The summed E-state index contributed by atoms with van der Waals surface area (Å²) in [5.74, 6) is 3.82. The summed E-state index contributed by atoms with van der Waals surface area (Å²) >= 11 is 6.10. The van der Waals surface area contributed by atoms with E-state index in [-0.39, 0.29) is 23.0 Å². The van der Waals surface area contributed by atoms with E-state index in [1.54, 1.807) is 0 Å². The first-order chi connectivity index (χ1) is 11.3. The fourth-order valence-corrected chi connectivity index (χ4v) is 1.80. The molecule has 0 aliphatic heterocycles. The van der Waals surface area contributed by atoms with Crippen LogP contribution >= 0.6 is 31.9 Å². The molecule has 0 spiro atoms. The fraction of sp³-hybridized carbons (Fsp3) is 0.0909. The van der Waals surface area contributed by atoms with Gasteiger partial charge in [0.15, 0.2) is 23.0 Å². The van der Waals surface area contributed by atoms with Gasteiger partial charge in [-0.05, 0) is 31.9 Å². The van der Waals surface area contributed by atoms with Crippen LogP contribution in [0.1, 0.15) is 21.0 Å². The van der Waals surface area contributed by atoms with Gasteiger partial charge in [0.05, 0.1) is 19.5 Å². The van der Waals surface area contributed by atoms with Crippen molar-refractivity contribution in [2.45, 2.75) is 0 Å². The Morgan fingerprint density at radius 1 is 1.04 bits per heavy atom. The zero-order valence-electron chi connectivity index (χ0n) is 12.2. The lowest BCUT2D eigenvalue weighted by atomic mass is 10.4. The average Bonchev–Trinajstić information content (AvgIpc) is 2.58. The molecule has 2 aromatic rings. The van der Waals surface area contributed by atoms with E-state index in [0.717, 1.165) is 0 Å². The lowest BCUT2D eigenvalue weighted by Gasteiger charge is -2.01.